The Bertz CT molecular complexity index is 7540. The molecule has 17 aromatic rings. The summed E-state index contributed by atoms with van der Waals surface area (Å²) in [5.74, 6) is -18.8. The van der Waals surface area contributed by atoms with E-state index in [0.29, 0.717) is 106 Å². The number of aryl methyl sites for hydroxylation is 2. The van der Waals surface area contributed by atoms with E-state index in [1.807, 2.05) is 206 Å². The molecule has 0 saturated carbocycles. The number of rotatable bonds is 39. The first kappa shape index (κ1) is 98.1. The average Bonchev–Trinajstić information content (AvgIpc) is 1.53. The predicted molar refractivity (Wildman–Crippen MR) is 575 cm³/mol. The largest absolute Gasteiger partial charge is 0.494 e. The monoisotopic (exact) mass is 1950 g/mol. The van der Waals surface area contributed by atoms with Crippen LogP contribution in [0.4, 0.5) is 78.0 Å². The maximum absolute atomic E-state index is 17.4. The highest BCUT2D eigenvalue weighted by molar-refractivity contribution is 5.93. The summed E-state index contributed by atoms with van der Waals surface area (Å²) in [5.41, 5.74) is 19.7. The van der Waals surface area contributed by atoms with Crippen molar-refractivity contribution in [3.05, 3.63) is 489 Å². The Morgan fingerprint density at radius 2 is 0.548 bits per heavy atom. The number of fused-ring (bicyclic) bond motifs is 9. The molecule has 0 heterocycles. The number of benzene rings is 17. The van der Waals surface area contributed by atoms with E-state index in [9.17, 15) is 0 Å². The summed E-state index contributed by atoms with van der Waals surface area (Å²) >= 11 is 0. The summed E-state index contributed by atoms with van der Waals surface area (Å²) in [5, 5.41) is 0. The lowest BCUT2D eigenvalue weighted by atomic mass is 9.68. The Balaban J connectivity index is 0.681. The molecule has 0 spiro atoms. The Labute approximate surface area is 848 Å². The first-order valence-electron chi connectivity index (χ1n) is 51.0. The van der Waals surface area contributed by atoms with Crippen molar-refractivity contribution in [1.82, 2.24) is 0 Å². The molecule has 0 amide bonds. The number of unbranched alkanes of at least 4 members (excludes halogenated alkanes) is 10. The molecule has 0 radical (unpaired) electrons. The molecule has 0 bridgehead atoms. The minimum atomic E-state index is -2.24. The Kier molecular flexibility index (Phi) is 28.6. The molecule has 0 N–H and O–H groups in total. The van der Waals surface area contributed by atoms with Crippen LogP contribution in [-0.2, 0) is 29.1 Å². The zero-order chi connectivity index (χ0) is 101. The van der Waals surface area contributed by atoms with Crippen LogP contribution >= 0.6 is 0 Å². The standard InChI is InChI=1S/C132H112F10N2O2/c1-6-10-12-18-32-87-78-88(33-19-13-11-7-2)80-97(79-87)130(5)114-81-95(93-50-60-100(61-51-93)143(98-56-46-91(47-57-98)89-34-20-16-21-35-89)102-64-72-110-106-38-24-26-40-112(106)131(116(110)83-102,118-120(133)124(137)128(141)125(138)121(118)134)74-28-14-15-30-76-145-104-66-42-85(8-3)43-67-104)54-70-108(114)109-71-55-96(82-115(109)130)94-52-62-101(63-53-94)144(99-58-48-92(49-59-99)90-36-22-17-23-37-90)103-65-73-111-107-39-25-27-41-113(107)132(117(111)84-103,119-122(135)126(139)129(142)127(140)123(119)136)75-29-31-77-146-105-68-44-86(9-4)45-69-105/h8-9,16-17,20-27,34-73,78-84H,3-4,6-7,10-15,18-19,28-33,74-77H2,1-2,5H3. The van der Waals surface area contributed by atoms with Gasteiger partial charge in [0.1, 0.15) is 11.5 Å². The summed E-state index contributed by atoms with van der Waals surface area (Å²) in [7, 11) is 0. The van der Waals surface area contributed by atoms with Gasteiger partial charge in [0.25, 0.3) is 0 Å². The van der Waals surface area contributed by atoms with Gasteiger partial charge in [-0.3, -0.25) is 0 Å². The van der Waals surface area contributed by atoms with Crippen molar-refractivity contribution in [2.75, 3.05) is 23.0 Å². The van der Waals surface area contributed by atoms with Gasteiger partial charge in [-0.2, -0.15) is 0 Å². The summed E-state index contributed by atoms with van der Waals surface area (Å²) in [4.78, 5) is 4.15. The first-order chi connectivity index (χ1) is 71.2. The van der Waals surface area contributed by atoms with Crippen LogP contribution in [0.5, 0.6) is 11.5 Å². The van der Waals surface area contributed by atoms with Gasteiger partial charge in [0, 0.05) is 50.7 Å². The van der Waals surface area contributed by atoms with Crippen LogP contribution in [-0.4, -0.2) is 13.2 Å². The van der Waals surface area contributed by atoms with E-state index in [0.717, 1.165) is 165 Å². The molecular formula is C132H112F10N2O2. The highest BCUT2D eigenvalue weighted by Gasteiger charge is 2.53. The topological polar surface area (TPSA) is 24.9 Å². The SMILES string of the molecule is C=Cc1ccc(OCCCCCCC2(c3c(F)c(F)c(F)c(F)c3F)c3ccccc3-c3ccc(N(c4ccc(-c5ccccc5)cc4)c4ccc(-c5ccc6c(c5)C(C)(c5cc(CCCCCC)cc(CCCCCC)c5)c5cc(-c7ccc(N(c8ccc(-c9ccccc9)cc8)c8ccc9c(c8)C(CCCCOc8ccc(C=C)cc8)(c8c(F)c(F)c(F)c(F)c8F)c8ccccc8-9)cc7)ccc5-6)cc4)cc32)cc1. The predicted octanol–water partition coefficient (Wildman–Crippen LogP) is 37.5. The number of anilines is 6. The molecule has 0 aromatic heterocycles. The first-order valence-corrected chi connectivity index (χ1v) is 51.0. The van der Waals surface area contributed by atoms with Crippen molar-refractivity contribution >= 4 is 46.3 Å². The highest BCUT2D eigenvalue weighted by Crippen LogP contribution is 2.62. The van der Waals surface area contributed by atoms with E-state index < -0.39 is 85.5 Å². The van der Waals surface area contributed by atoms with E-state index in [2.05, 4.69) is 159 Å². The fourth-order valence-electron chi connectivity index (χ4n) is 22.8. The molecule has 20 rings (SSSR count). The van der Waals surface area contributed by atoms with E-state index in [4.69, 9.17) is 9.47 Å². The van der Waals surface area contributed by atoms with Crippen LogP contribution < -0.4 is 19.3 Å². The molecular weight excluding hydrogens is 1840 g/mol. The Hall–Kier alpha value is -15.3. The average molecular weight is 1950 g/mol. The molecule has 0 aliphatic heterocycles. The summed E-state index contributed by atoms with van der Waals surface area (Å²) in [6.07, 6.45) is 17.0. The van der Waals surface area contributed by atoms with Crippen LogP contribution in [0, 0.1) is 58.2 Å². The summed E-state index contributed by atoms with van der Waals surface area (Å²) in [6, 6.07) is 115. The van der Waals surface area contributed by atoms with Crippen LogP contribution in [0.15, 0.2) is 359 Å². The number of hydrogen-bond acceptors (Lipinski definition) is 4. The third-order valence-electron chi connectivity index (χ3n) is 30.3. The van der Waals surface area contributed by atoms with Gasteiger partial charge in [0.2, 0.25) is 11.6 Å². The second-order valence-electron chi connectivity index (χ2n) is 39.0. The number of halogens is 10. The second-order valence-corrected chi connectivity index (χ2v) is 39.0. The molecule has 3 unspecified atom stereocenters. The lowest BCUT2D eigenvalue weighted by molar-refractivity contribution is 0.298. The Morgan fingerprint density at radius 1 is 0.253 bits per heavy atom. The minimum absolute atomic E-state index is 0.00556. The minimum Gasteiger partial charge on any atom is -0.494 e. The van der Waals surface area contributed by atoms with Crippen molar-refractivity contribution in [2.45, 2.75) is 153 Å². The fourth-order valence-corrected chi connectivity index (χ4v) is 22.8. The van der Waals surface area contributed by atoms with Gasteiger partial charge in [-0.1, -0.05) is 334 Å². The quantitative estimate of drug-likeness (QED) is 0.0166. The molecule has 3 atom stereocenters. The van der Waals surface area contributed by atoms with Gasteiger partial charge in [-0.15, -0.1) is 0 Å². The Morgan fingerprint density at radius 3 is 0.925 bits per heavy atom. The number of hydrogen-bond donors (Lipinski definition) is 0. The molecule has 17 aromatic carbocycles. The van der Waals surface area contributed by atoms with Crippen molar-refractivity contribution < 1.29 is 53.4 Å². The molecule has 146 heavy (non-hydrogen) atoms. The molecule has 14 heteroatoms. The van der Waals surface area contributed by atoms with Crippen molar-refractivity contribution in [1.29, 1.82) is 0 Å². The molecule has 732 valence electrons. The summed E-state index contributed by atoms with van der Waals surface area (Å²) in [6.45, 7) is 15.2. The van der Waals surface area contributed by atoms with Gasteiger partial charge in [0.05, 0.1) is 24.0 Å². The van der Waals surface area contributed by atoms with Gasteiger partial charge >= 0.3 is 0 Å². The highest BCUT2D eigenvalue weighted by atomic mass is 19.2. The molecule has 3 aliphatic carbocycles. The summed E-state index contributed by atoms with van der Waals surface area (Å²) < 4.78 is 178. The smallest absolute Gasteiger partial charge is 0.200 e. The molecule has 0 fully saturated rings. The van der Waals surface area contributed by atoms with Crippen molar-refractivity contribution in [2.24, 2.45) is 0 Å². The van der Waals surface area contributed by atoms with Gasteiger partial charge < -0.3 is 19.3 Å². The van der Waals surface area contributed by atoms with Crippen LogP contribution in [0.3, 0.4) is 0 Å². The van der Waals surface area contributed by atoms with Crippen LogP contribution in [0.2, 0.25) is 0 Å². The van der Waals surface area contributed by atoms with Crippen LogP contribution in [0.1, 0.15) is 196 Å². The fraction of sp³-hybridized carbons (Fsp3) is 0.197. The normalized spacial score (nSPS) is 15.0. The molecule has 4 nitrogen and oxygen atoms in total. The van der Waals surface area contributed by atoms with Crippen molar-refractivity contribution in [3.8, 4) is 89.4 Å². The second kappa shape index (κ2) is 42.6. The maximum Gasteiger partial charge on any atom is 0.200 e. The maximum atomic E-state index is 17.4. The van der Waals surface area contributed by atoms with E-state index in [1.54, 1.807) is 36.4 Å². The van der Waals surface area contributed by atoms with E-state index in [1.165, 1.54) is 16.7 Å². The van der Waals surface area contributed by atoms with Crippen LogP contribution in [0.25, 0.3) is 90.0 Å². The molecule has 3 aliphatic rings. The number of ether oxygens (including phenoxy) is 2. The third kappa shape index (κ3) is 18.5. The number of nitrogens with zero attached hydrogens (tertiary/aromatic N) is 2. The molecule has 0 saturated heterocycles. The van der Waals surface area contributed by atoms with Gasteiger partial charge in [-0.25, -0.2) is 43.9 Å². The zero-order valence-electron chi connectivity index (χ0n) is 82.1. The van der Waals surface area contributed by atoms with E-state index in [-0.39, 0.29) is 25.9 Å². The van der Waals surface area contributed by atoms with Crippen molar-refractivity contribution in [3.63, 3.8) is 0 Å². The third-order valence-corrected chi connectivity index (χ3v) is 30.3. The van der Waals surface area contributed by atoms with Gasteiger partial charge in [-0.05, 0) is 313 Å². The van der Waals surface area contributed by atoms with E-state index >= 15 is 43.9 Å². The van der Waals surface area contributed by atoms with Gasteiger partial charge in [0.15, 0.2) is 46.5 Å². The lowest BCUT2D eigenvalue weighted by Gasteiger charge is -2.35. The zero-order valence-corrected chi connectivity index (χ0v) is 82.1. The lowest BCUT2D eigenvalue weighted by Crippen LogP contribution is -2.31.